The maximum absolute atomic E-state index is 13.2. The van der Waals surface area contributed by atoms with Crippen molar-refractivity contribution in [2.45, 2.75) is 24.8 Å². The van der Waals surface area contributed by atoms with Crippen LogP contribution < -0.4 is 4.72 Å². The molecule has 1 heterocycles. The van der Waals surface area contributed by atoms with Gasteiger partial charge in [-0.3, -0.25) is 0 Å². The number of aryl methyl sites for hydroxylation is 3. The first-order chi connectivity index (χ1) is 13.9. The minimum absolute atomic E-state index is 0.250. The van der Waals surface area contributed by atoms with Crippen molar-refractivity contribution in [2.24, 2.45) is 7.05 Å². The van der Waals surface area contributed by atoms with Crippen LogP contribution in [-0.2, 0) is 17.1 Å². The number of nitrogens with zero attached hydrogens (tertiary/aromatic N) is 2. The van der Waals surface area contributed by atoms with Crippen molar-refractivity contribution in [2.75, 3.05) is 0 Å². The van der Waals surface area contributed by atoms with E-state index in [0.29, 0.717) is 5.82 Å². The average Bonchev–Trinajstić information content (AvgIpc) is 3.05. The highest BCUT2D eigenvalue weighted by atomic mass is 32.2. The Bertz CT molecular complexity index is 1280. The fourth-order valence-corrected chi connectivity index (χ4v) is 4.71. The van der Waals surface area contributed by atoms with E-state index < -0.39 is 16.1 Å². The van der Waals surface area contributed by atoms with Crippen molar-refractivity contribution in [1.29, 1.82) is 0 Å². The second-order valence-corrected chi connectivity index (χ2v) is 8.94. The van der Waals surface area contributed by atoms with E-state index in [9.17, 15) is 8.42 Å². The lowest BCUT2D eigenvalue weighted by Gasteiger charge is -2.19. The fourth-order valence-electron chi connectivity index (χ4n) is 3.44. The Morgan fingerprint density at radius 2 is 1.59 bits per heavy atom. The van der Waals surface area contributed by atoms with Crippen molar-refractivity contribution in [3.8, 4) is 0 Å². The molecule has 0 saturated carbocycles. The van der Waals surface area contributed by atoms with Crippen LogP contribution in [0.25, 0.3) is 11.0 Å². The second-order valence-electron chi connectivity index (χ2n) is 7.23. The molecule has 0 radical (unpaired) electrons. The van der Waals surface area contributed by atoms with Crippen molar-refractivity contribution in [3.63, 3.8) is 0 Å². The molecule has 1 aromatic heterocycles. The van der Waals surface area contributed by atoms with Gasteiger partial charge >= 0.3 is 0 Å². The van der Waals surface area contributed by atoms with Gasteiger partial charge in [-0.2, -0.15) is 4.72 Å². The summed E-state index contributed by atoms with van der Waals surface area (Å²) in [5.74, 6) is 0.643. The standard InChI is InChI=1S/C23H23N3O2S/c1-16-13-14-19(15-17(16)2)29(27,28)25-22(18-9-5-4-6-10-18)23-24-20-11-7-8-12-21(20)26(23)3/h4-15,22,25H,1-3H3. The van der Waals surface area contributed by atoms with Crippen LogP contribution in [0.3, 0.4) is 0 Å². The quantitative estimate of drug-likeness (QED) is 0.540. The number of para-hydroxylation sites is 2. The molecule has 0 bridgehead atoms. The monoisotopic (exact) mass is 405 g/mol. The first kappa shape index (κ1) is 19.4. The lowest BCUT2D eigenvalue weighted by molar-refractivity contribution is 0.563. The number of sulfonamides is 1. The van der Waals surface area contributed by atoms with Gasteiger partial charge in [0.25, 0.3) is 0 Å². The summed E-state index contributed by atoms with van der Waals surface area (Å²) in [5.41, 5.74) is 4.61. The molecule has 4 rings (SSSR count). The lowest BCUT2D eigenvalue weighted by atomic mass is 10.1. The van der Waals surface area contributed by atoms with Gasteiger partial charge < -0.3 is 4.57 Å². The fraction of sp³-hybridized carbons (Fsp3) is 0.174. The topological polar surface area (TPSA) is 64.0 Å². The molecule has 4 aromatic rings. The van der Waals surface area contributed by atoms with Crippen LogP contribution >= 0.6 is 0 Å². The molecule has 29 heavy (non-hydrogen) atoms. The highest BCUT2D eigenvalue weighted by Gasteiger charge is 2.27. The Morgan fingerprint density at radius 1 is 0.897 bits per heavy atom. The van der Waals surface area contributed by atoms with Gasteiger partial charge in [0.2, 0.25) is 10.0 Å². The van der Waals surface area contributed by atoms with E-state index in [2.05, 4.69) is 4.72 Å². The molecule has 0 saturated heterocycles. The number of aromatic nitrogens is 2. The molecule has 0 fully saturated rings. The van der Waals surface area contributed by atoms with E-state index in [0.717, 1.165) is 27.7 Å². The highest BCUT2D eigenvalue weighted by molar-refractivity contribution is 7.89. The van der Waals surface area contributed by atoms with Crippen molar-refractivity contribution >= 4 is 21.1 Å². The molecule has 0 amide bonds. The smallest absolute Gasteiger partial charge is 0.241 e. The molecule has 148 valence electrons. The summed E-state index contributed by atoms with van der Waals surface area (Å²) in [6, 6.07) is 21.9. The Hall–Kier alpha value is -2.96. The number of benzene rings is 3. The zero-order chi connectivity index (χ0) is 20.6. The van der Waals surface area contributed by atoms with E-state index in [4.69, 9.17) is 4.98 Å². The van der Waals surface area contributed by atoms with E-state index in [1.807, 2.05) is 86.1 Å². The number of hydrogen-bond acceptors (Lipinski definition) is 3. The molecular formula is C23H23N3O2S. The van der Waals surface area contributed by atoms with E-state index in [-0.39, 0.29) is 4.90 Å². The average molecular weight is 406 g/mol. The number of rotatable bonds is 5. The van der Waals surface area contributed by atoms with Crippen LogP contribution in [-0.4, -0.2) is 18.0 Å². The van der Waals surface area contributed by atoms with Gasteiger partial charge in [-0.1, -0.05) is 48.5 Å². The zero-order valence-electron chi connectivity index (χ0n) is 16.6. The number of fused-ring (bicyclic) bond motifs is 1. The minimum atomic E-state index is -3.75. The molecule has 0 spiro atoms. The van der Waals surface area contributed by atoms with Gasteiger partial charge in [0.1, 0.15) is 11.9 Å². The molecule has 6 heteroatoms. The molecule has 1 unspecified atom stereocenters. The molecule has 0 aliphatic heterocycles. The third kappa shape index (κ3) is 3.69. The first-order valence-electron chi connectivity index (χ1n) is 9.43. The van der Waals surface area contributed by atoms with Crippen LogP contribution in [0.15, 0.2) is 77.7 Å². The molecule has 5 nitrogen and oxygen atoms in total. The third-order valence-corrected chi connectivity index (χ3v) is 6.70. The van der Waals surface area contributed by atoms with Gasteiger partial charge in [-0.05, 0) is 54.8 Å². The Labute approximate surface area is 171 Å². The number of nitrogens with one attached hydrogen (secondary N) is 1. The van der Waals surface area contributed by atoms with Gasteiger partial charge in [0.05, 0.1) is 15.9 Å². The summed E-state index contributed by atoms with van der Waals surface area (Å²) in [6.07, 6.45) is 0. The molecular weight excluding hydrogens is 382 g/mol. The minimum Gasteiger partial charge on any atom is -0.329 e. The Kier molecular flexibility index (Phi) is 4.98. The van der Waals surface area contributed by atoms with Crippen LogP contribution in [0.4, 0.5) is 0 Å². The molecule has 1 atom stereocenters. The second kappa shape index (κ2) is 7.46. The zero-order valence-corrected chi connectivity index (χ0v) is 17.4. The SMILES string of the molecule is Cc1ccc(S(=O)(=O)NC(c2ccccc2)c2nc3ccccc3n2C)cc1C. The summed E-state index contributed by atoms with van der Waals surface area (Å²) >= 11 is 0. The summed E-state index contributed by atoms with van der Waals surface area (Å²) in [4.78, 5) is 4.98. The molecule has 3 aromatic carbocycles. The Balaban J connectivity index is 1.83. The predicted molar refractivity (Wildman–Crippen MR) is 115 cm³/mol. The van der Waals surface area contributed by atoms with Gasteiger partial charge in [-0.25, -0.2) is 13.4 Å². The van der Waals surface area contributed by atoms with Crippen molar-refractivity contribution < 1.29 is 8.42 Å². The maximum atomic E-state index is 13.2. The van der Waals surface area contributed by atoms with Crippen molar-refractivity contribution in [3.05, 3.63) is 95.3 Å². The van der Waals surface area contributed by atoms with Gasteiger partial charge in [0, 0.05) is 7.05 Å². The van der Waals surface area contributed by atoms with Gasteiger partial charge in [-0.15, -0.1) is 0 Å². The van der Waals surface area contributed by atoms with Crippen molar-refractivity contribution in [1.82, 2.24) is 14.3 Å². The van der Waals surface area contributed by atoms with Crippen LogP contribution in [0.5, 0.6) is 0 Å². The summed E-state index contributed by atoms with van der Waals surface area (Å²) in [7, 11) is -1.84. The van der Waals surface area contributed by atoms with Crippen LogP contribution in [0, 0.1) is 13.8 Å². The van der Waals surface area contributed by atoms with E-state index in [1.54, 1.807) is 12.1 Å². The molecule has 0 aliphatic rings. The first-order valence-corrected chi connectivity index (χ1v) is 10.9. The number of hydrogen-bond donors (Lipinski definition) is 1. The van der Waals surface area contributed by atoms with E-state index in [1.165, 1.54) is 0 Å². The third-order valence-electron chi connectivity index (χ3n) is 5.27. The van der Waals surface area contributed by atoms with Crippen LogP contribution in [0.1, 0.15) is 28.6 Å². The largest absolute Gasteiger partial charge is 0.329 e. The van der Waals surface area contributed by atoms with Crippen LogP contribution in [0.2, 0.25) is 0 Å². The van der Waals surface area contributed by atoms with E-state index >= 15 is 0 Å². The highest BCUT2D eigenvalue weighted by Crippen LogP contribution is 2.27. The summed E-state index contributed by atoms with van der Waals surface area (Å²) in [6.45, 7) is 3.87. The normalized spacial score (nSPS) is 12.9. The number of imidazole rings is 1. The maximum Gasteiger partial charge on any atom is 0.241 e. The molecule has 0 aliphatic carbocycles. The lowest BCUT2D eigenvalue weighted by Crippen LogP contribution is -2.31. The summed E-state index contributed by atoms with van der Waals surface area (Å²) in [5, 5.41) is 0. The molecule has 1 N–H and O–H groups in total. The Morgan fingerprint density at radius 3 is 2.28 bits per heavy atom. The van der Waals surface area contributed by atoms with Gasteiger partial charge in [0.15, 0.2) is 0 Å². The summed E-state index contributed by atoms with van der Waals surface area (Å²) < 4.78 is 31.3. The predicted octanol–water partition coefficient (Wildman–Crippen LogP) is 4.26.